The number of nitrogens with one attached hydrogen (secondary N) is 1. The molecule has 48 heavy (non-hydrogen) atoms. The number of fused-ring (bicyclic) bond motifs is 2. The molecule has 2 aliphatic rings. The lowest BCUT2D eigenvalue weighted by Gasteiger charge is -2.46. The van der Waals surface area contributed by atoms with Gasteiger partial charge in [-0.25, -0.2) is 14.8 Å². The van der Waals surface area contributed by atoms with Crippen molar-refractivity contribution in [1.29, 1.82) is 0 Å². The second kappa shape index (κ2) is 13.9. The summed E-state index contributed by atoms with van der Waals surface area (Å²) in [6, 6.07) is 17.5. The molecule has 3 N–H and O–H groups in total. The number of nitrogens with two attached hydrogens (primary N) is 1. The van der Waals surface area contributed by atoms with Crippen molar-refractivity contribution in [3.63, 3.8) is 0 Å². The van der Waals surface area contributed by atoms with Gasteiger partial charge >= 0.3 is 6.03 Å². The molecule has 2 atom stereocenters. The SMILES string of the molecule is C#CCN(C(=O)NCc1ccc(Cl)c(Cl)c1)N1CC(=O)N2[C@@H](Cc3ccc(N(C)C)cc3)C(=O)N(Cc3cccc4sc(N)nc34)C[C@@H]21. The number of halogens is 2. The predicted molar refractivity (Wildman–Crippen MR) is 189 cm³/mol. The summed E-state index contributed by atoms with van der Waals surface area (Å²) >= 11 is 13.6. The topological polar surface area (TPSA) is 118 Å². The number of aromatic nitrogens is 1. The molecule has 4 amide bonds. The largest absolute Gasteiger partial charge is 0.378 e. The number of thiazole rings is 1. The van der Waals surface area contributed by atoms with Crippen LogP contribution in [0.25, 0.3) is 10.2 Å². The minimum Gasteiger partial charge on any atom is -0.378 e. The van der Waals surface area contributed by atoms with Gasteiger partial charge in [0.2, 0.25) is 11.8 Å². The van der Waals surface area contributed by atoms with E-state index >= 15 is 0 Å². The Morgan fingerprint density at radius 1 is 1.10 bits per heavy atom. The van der Waals surface area contributed by atoms with Crippen molar-refractivity contribution in [3.8, 4) is 12.3 Å². The number of carbonyl (C=O) groups is 3. The third-order valence-electron chi connectivity index (χ3n) is 8.54. The van der Waals surface area contributed by atoms with Crippen LogP contribution in [-0.2, 0) is 29.1 Å². The maximum Gasteiger partial charge on any atom is 0.333 e. The number of nitrogens with zero attached hydrogens (tertiary/aromatic N) is 6. The molecule has 4 aromatic rings. The van der Waals surface area contributed by atoms with Crippen LogP contribution in [0.1, 0.15) is 16.7 Å². The highest BCUT2D eigenvalue weighted by atomic mass is 35.5. The number of rotatable bonds is 9. The minimum absolute atomic E-state index is 0.0904. The average Bonchev–Trinajstić information content (AvgIpc) is 3.61. The van der Waals surface area contributed by atoms with Gasteiger partial charge in [-0.2, -0.15) is 5.01 Å². The smallest absolute Gasteiger partial charge is 0.333 e. The summed E-state index contributed by atoms with van der Waals surface area (Å²) in [6.45, 7) is 0.344. The van der Waals surface area contributed by atoms with Crippen LogP contribution in [0.4, 0.5) is 15.6 Å². The molecule has 0 unspecified atom stereocenters. The van der Waals surface area contributed by atoms with Gasteiger partial charge in [0.1, 0.15) is 12.2 Å². The summed E-state index contributed by atoms with van der Waals surface area (Å²) in [5, 5.41) is 7.12. The zero-order chi connectivity index (χ0) is 34.1. The van der Waals surface area contributed by atoms with E-state index in [-0.39, 0.29) is 44.5 Å². The van der Waals surface area contributed by atoms with E-state index in [9.17, 15) is 14.4 Å². The Kier molecular flexibility index (Phi) is 9.66. The molecule has 1 aromatic heterocycles. The third-order valence-corrected chi connectivity index (χ3v) is 10.1. The van der Waals surface area contributed by atoms with Gasteiger partial charge in [0.15, 0.2) is 5.13 Å². The quantitative estimate of drug-likeness (QED) is 0.248. The number of benzene rings is 3. The molecule has 248 valence electrons. The second-order valence-corrected chi connectivity index (χ2v) is 13.7. The average molecular weight is 706 g/mol. The van der Waals surface area contributed by atoms with E-state index in [1.807, 2.05) is 61.5 Å². The highest BCUT2D eigenvalue weighted by molar-refractivity contribution is 7.22. The molecule has 0 bridgehead atoms. The Hall–Kier alpha value is -4.54. The van der Waals surface area contributed by atoms with Gasteiger partial charge in [-0.05, 0) is 47.0 Å². The molecule has 11 nitrogen and oxygen atoms in total. The number of para-hydroxylation sites is 1. The number of hydrogen-bond acceptors (Lipinski definition) is 8. The monoisotopic (exact) mass is 704 g/mol. The van der Waals surface area contributed by atoms with Crippen molar-refractivity contribution in [2.45, 2.75) is 31.7 Å². The van der Waals surface area contributed by atoms with Gasteiger partial charge in [0, 0.05) is 39.3 Å². The van der Waals surface area contributed by atoms with Crippen LogP contribution >= 0.6 is 34.5 Å². The maximum absolute atomic E-state index is 14.3. The predicted octanol–water partition coefficient (Wildman–Crippen LogP) is 4.44. The van der Waals surface area contributed by atoms with Crippen molar-refractivity contribution in [1.82, 2.24) is 30.1 Å². The molecular weight excluding hydrogens is 671 g/mol. The van der Waals surface area contributed by atoms with E-state index in [0.717, 1.165) is 32.6 Å². The number of urea groups is 1. The van der Waals surface area contributed by atoms with Gasteiger partial charge in [-0.1, -0.05) is 70.8 Å². The lowest BCUT2D eigenvalue weighted by molar-refractivity contribution is -0.157. The minimum atomic E-state index is -0.807. The number of hydrogen-bond donors (Lipinski definition) is 2. The molecule has 2 aliphatic heterocycles. The van der Waals surface area contributed by atoms with Gasteiger partial charge in [-0.15, -0.1) is 6.42 Å². The van der Waals surface area contributed by atoms with Crippen molar-refractivity contribution >= 4 is 73.4 Å². The Bertz CT molecular complexity index is 1910. The van der Waals surface area contributed by atoms with Crippen molar-refractivity contribution < 1.29 is 14.4 Å². The van der Waals surface area contributed by atoms with Crippen LogP contribution in [0.5, 0.6) is 0 Å². The maximum atomic E-state index is 14.3. The molecule has 2 saturated heterocycles. The fourth-order valence-corrected chi connectivity index (χ4v) is 7.29. The van der Waals surface area contributed by atoms with Gasteiger partial charge in [0.25, 0.3) is 0 Å². The number of nitrogen functional groups attached to an aromatic ring is 1. The van der Waals surface area contributed by atoms with Crippen molar-refractivity contribution in [2.75, 3.05) is 44.4 Å². The first kappa shape index (κ1) is 33.4. The molecule has 6 rings (SSSR count). The molecule has 0 aliphatic carbocycles. The zero-order valence-corrected chi connectivity index (χ0v) is 28.7. The summed E-state index contributed by atoms with van der Waals surface area (Å²) in [4.78, 5) is 51.6. The Morgan fingerprint density at radius 2 is 1.85 bits per heavy atom. The number of hydrazine groups is 1. The van der Waals surface area contributed by atoms with Crippen LogP contribution in [0.3, 0.4) is 0 Å². The third kappa shape index (κ3) is 6.73. The molecule has 3 aromatic carbocycles. The summed E-state index contributed by atoms with van der Waals surface area (Å²) in [5.74, 6) is 2.09. The lowest BCUT2D eigenvalue weighted by atomic mass is 9.99. The number of amides is 4. The number of carbonyl (C=O) groups excluding carboxylic acids is 3. The second-order valence-electron chi connectivity index (χ2n) is 11.9. The standard InChI is InChI=1S/C34H34Cl2N8O3S/c1-4-14-42(34(47)38-17-22-10-13-25(35)26(36)15-22)43-20-30(45)44-27(16-21-8-11-24(12-9-21)40(2)3)32(46)41(19-29(43)44)18-23-6-5-7-28-31(23)39-33(37)48-28/h1,5-13,15,27,29H,14,16-20H2,2-3H3,(H2,37,39)(H,38,47)/t27-,29+/m0/s1. The first-order valence-corrected chi connectivity index (χ1v) is 16.8. The van der Waals surface area contributed by atoms with E-state index in [0.29, 0.717) is 21.6 Å². The van der Waals surface area contributed by atoms with Gasteiger partial charge in [-0.3, -0.25) is 9.59 Å². The number of terminal acetylenes is 1. The molecule has 0 radical (unpaired) electrons. The summed E-state index contributed by atoms with van der Waals surface area (Å²) < 4.78 is 0.921. The van der Waals surface area contributed by atoms with Crippen LogP contribution < -0.4 is 16.0 Å². The van der Waals surface area contributed by atoms with Gasteiger partial charge in [0.05, 0.1) is 39.9 Å². The van der Waals surface area contributed by atoms with E-state index < -0.39 is 18.2 Å². The van der Waals surface area contributed by atoms with E-state index in [2.05, 4.69) is 16.2 Å². The lowest BCUT2D eigenvalue weighted by Crippen LogP contribution is -2.66. The molecule has 0 saturated carbocycles. The van der Waals surface area contributed by atoms with E-state index in [1.54, 1.807) is 33.0 Å². The van der Waals surface area contributed by atoms with Crippen molar-refractivity contribution in [3.05, 3.63) is 87.4 Å². The Balaban J connectivity index is 1.31. The highest BCUT2D eigenvalue weighted by Crippen LogP contribution is 2.33. The number of piperazine rings is 1. The molecule has 14 heteroatoms. The Labute approximate surface area is 292 Å². The van der Waals surface area contributed by atoms with Crippen LogP contribution in [0, 0.1) is 12.3 Å². The summed E-state index contributed by atoms with van der Waals surface area (Å²) in [5.41, 5.74) is 10.3. The van der Waals surface area contributed by atoms with E-state index in [4.69, 9.17) is 35.4 Å². The molecule has 2 fully saturated rings. The van der Waals surface area contributed by atoms with Crippen LogP contribution in [0.2, 0.25) is 10.0 Å². The van der Waals surface area contributed by atoms with Crippen LogP contribution in [-0.4, -0.2) is 88.6 Å². The highest BCUT2D eigenvalue weighted by Gasteiger charge is 2.52. The molecule has 3 heterocycles. The number of anilines is 2. The molecule has 0 spiro atoms. The van der Waals surface area contributed by atoms with Crippen LogP contribution in [0.15, 0.2) is 60.7 Å². The van der Waals surface area contributed by atoms with E-state index in [1.165, 1.54) is 16.3 Å². The fraction of sp³-hybridized carbons (Fsp3) is 0.294. The summed E-state index contributed by atoms with van der Waals surface area (Å²) in [7, 11) is 3.91. The molecular formula is C34H34Cl2N8O3S. The van der Waals surface area contributed by atoms with Crippen molar-refractivity contribution in [2.24, 2.45) is 0 Å². The Morgan fingerprint density at radius 3 is 2.56 bits per heavy atom. The fourth-order valence-electron chi connectivity index (χ4n) is 6.18. The zero-order valence-electron chi connectivity index (χ0n) is 26.4. The first-order valence-electron chi connectivity index (χ1n) is 15.2. The summed E-state index contributed by atoms with van der Waals surface area (Å²) in [6.07, 6.45) is 5.39. The van der Waals surface area contributed by atoms with Gasteiger partial charge < -0.3 is 25.8 Å². The first-order chi connectivity index (χ1) is 23.0. The normalized spacial score (nSPS) is 17.8.